The van der Waals surface area contributed by atoms with Crippen molar-refractivity contribution in [2.45, 2.75) is 4.90 Å². The SMILES string of the molecule is CN(CCO)C(=S)Nc1ccc(S(=O)(=O)N2CCOCC2)cc1. The Bertz CT molecular complexity index is 628. The van der Waals surface area contributed by atoms with Crippen molar-refractivity contribution < 1.29 is 18.3 Å². The molecule has 9 heteroatoms. The quantitative estimate of drug-likeness (QED) is 0.733. The van der Waals surface area contributed by atoms with E-state index in [0.717, 1.165) is 0 Å². The third-order valence-electron chi connectivity index (χ3n) is 3.50. The van der Waals surface area contributed by atoms with Crippen LogP contribution in [0.4, 0.5) is 5.69 Å². The van der Waals surface area contributed by atoms with Crippen molar-refractivity contribution in [2.75, 3.05) is 51.8 Å². The minimum absolute atomic E-state index is 0.00898. The maximum Gasteiger partial charge on any atom is 0.243 e. The number of likely N-dealkylation sites (N-methyl/N-ethyl adjacent to an activating group) is 1. The predicted molar refractivity (Wildman–Crippen MR) is 92.0 cm³/mol. The van der Waals surface area contributed by atoms with E-state index in [1.165, 1.54) is 4.31 Å². The molecular formula is C14H21N3O4S2. The number of aliphatic hydroxyl groups excluding tert-OH is 1. The number of aliphatic hydroxyl groups is 1. The van der Waals surface area contributed by atoms with E-state index in [4.69, 9.17) is 22.1 Å². The summed E-state index contributed by atoms with van der Waals surface area (Å²) in [6.45, 7) is 2.02. The van der Waals surface area contributed by atoms with Crippen LogP contribution in [0.5, 0.6) is 0 Å². The Morgan fingerprint density at radius 2 is 1.96 bits per heavy atom. The number of nitrogens with one attached hydrogen (secondary N) is 1. The van der Waals surface area contributed by atoms with Crippen molar-refractivity contribution >= 4 is 33.0 Å². The van der Waals surface area contributed by atoms with Gasteiger partial charge in [-0.25, -0.2) is 8.42 Å². The predicted octanol–water partition coefficient (Wildman–Crippen LogP) is 0.328. The topological polar surface area (TPSA) is 82.1 Å². The van der Waals surface area contributed by atoms with Crippen molar-refractivity contribution in [3.8, 4) is 0 Å². The summed E-state index contributed by atoms with van der Waals surface area (Å²) in [7, 11) is -1.72. The molecule has 1 aliphatic heterocycles. The summed E-state index contributed by atoms with van der Waals surface area (Å²) in [6, 6.07) is 6.46. The maximum atomic E-state index is 12.5. The molecule has 1 aromatic carbocycles. The van der Waals surface area contributed by atoms with Crippen molar-refractivity contribution in [2.24, 2.45) is 0 Å². The number of nitrogens with zero attached hydrogens (tertiary/aromatic N) is 2. The van der Waals surface area contributed by atoms with Crippen molar-refractivity contribution in [1.29, 1.82) is 0 Å². The summed E-state index contributed by atoms with van der Waals surface area (Å²) in [5, 5.41) is 12.4. The lowest BCUT2D eigenvalue weighted by atomic mass is 10.3. The van der Waals surface area contributed by atoms with Gasteiger partial charge >= 0.3 is 0 Å². The van der Waals surface area contributed by atoms with Crippen LogP contribution in [-0.4, -0.2) is 74.3 Å². The maximum absolute atomic E-state index is 12.5. The molecule has 1 aliphatic rings. The summed E-state index contributed by atoms with van der Waals surface area (Å²) in [4.78, 5) is 1.95. The number of anilines is 1. The van der Waals surface area contributed by atoms with Gasteiger partial charge in [-0.05, 0) is 36.5 Å². The monoisotopic (exact) mass is 359 g/mol. The molecule has 1 saturated heterocycles. The number of rotatable bonds is 5. The highest BCUT2D eigenvalue weighted by atomic mass is 32.2. The zero-order valence-corrected chi connectivity index (χ0v) is 14.6. The second-order valence-corrected chi connectivity index (χ2v) is 7.44. The molecule has 1 heterocycles. The molecule has 1 fully saturated rings. The number of benzene rings is 1. The van der Waals surface area contributed by atoms with Crippen LogP contribution in [0.3, 0.4) is 0 Å². The van der Waals surface area contributed by atoms with Gasteiger partial charge in [0.05, 0.1) is 24.7 Å². The molecule has 0 unspecified atom stereocenters. The molecule has 0 atom stereocenters. The Kier molecular flexibility index (Phi) is 6.31. The van der Waals surface area contributed by atoms with E-state index in [-0.39, 0.29) is 11.5 Å². The first-order valence-electron chi connectivity index (χ1n) is 7.26. The molecule has 23 heavy (non-hydrogen) atoms. The number of morpholine rings is 1. The summed E-state index contributed by atoms with van der Waals surface area (Å²) >= 11 is 5.20. The van der Waals surface area contributed by atoms with Gasteiger partial charge < -0.3 is 20.1 Å². The average molecular weight is 359 g/mol. The number of ether oxygens (including phenoxy) is 1. The molecule has 0 radical (unpaired) electrons. The van der Waals surface area contributed by atoms with Crippen LogP contribution in [0.1, 0.15) is 0 Å². The Labute approximate surface area is 141 Å². The largest absolute Gasteiger partial charge is 0.395 e. The van der Waals surface area contributed by atoms with Gasteiger partial charge in [-0.1, -0.05) is 0 Å². The number of hydrogen-bond donors (Lipinski definition) is 2. The highest BCUT2D eigenvalue weighted by Gasteiger charge is 2.26. The molecule has 2 rings (SSSR count). The molecule has 7 nitrogen and oxygen atoms in total. The van der Waals surface area contributed by atoms with Crippen LogP contribution in [0.2, 0.25) is 0 Å². The molecule has 0 aromatic heterocycles. The summed E-state index contributed by atoms with van der Waals surface area (Å²) < 4.78 is 31.6. The minimum Gasteiger partial charge on any atom is -0.395 e. The Morgan fingerprint density at radius 3 is 2.52 bits per heavy atom. The third kappa shape index (κ3) is 4.61. The fourth-order valence-electron chi connectivity index (χ4n) is 2.12. The van der Waals surface area contributed by atoms with E-state index in [9.17, 15) is 8.42 Å². The van der Waals surface area contributed by atoms with Crippen LogP contribution < -0.4 is 5.32 Å². The lowest BCUT2D eigenvalue weighted by Crippen LogP contribution is -2.40. The van der Waals surface area contributed by atoms with Gasteiger partial charge in [-0.3, -0.25) is 0 Å². The van der Waals surface area contributed by atoms with Crippen LogP contribution in [0.15, 0.2) is 29.2 Å². The van der Waals surface area contributed by atoms with Crippen molar-refractivity contribution in [1.82, 2.24) is 9.21 Å². The van der Waals surface area contributed by atoms with Gasteiger partial charge in [-0.2, -0.15) is 4.31 Å². The molecule has 0 spiro atoms. The first-order valence-corrected chi connectivity index (χ1v) is 9.11. The van der Waals surface area contributed by atoms with E-state index in [1.807, 2.05) is 0 Å². The Balaban J connectivity index is 2.05. The molecular weight excluding hydrogens is 338 g/mol. The molecule has 0 amide bonds. The van der Waals surface area contributed by atoms with Crippen LogP contribution in [-0.2, 0) is 14.8 Å². The summed E-state index contributed by atoms with van der Waals surface area (Å²) in [5.41, 5.74) is 0.695. The zero-order valence-electron chi connectivity index (χ0n) is 12.9. The van der Waals surface area contributed by atoms with Gasteiger partial charge in [0, 0.05) is 32.4 Å². The van der Waals surface area contributed by atoms with Crippen LogP contribution in [0, 0.1) is 0 Å². The van der Waals surface area contributed by atoms with Gasteiger partial charge in [0.15, 0.2) is 5.11 Å². The lowest BCUT2D eigenvalue weighted by Gasteiger charge is -2.26. The number of thiocarbonyl (C=S) groups is 1. The minimum atomic E-state index is -3.48. The highest BCUT2D eigenvalue weighted by molar-refractivity contribution is 7.89. The van der Waals surface area contributed by atoms with E-state index >= 15 is 0 Å². The lowest BCUT2D eigenvalue weighted by molar-refractivity contribution is 0.0730. The van der Waals surface area contributed by atoms with Gasteiger partial charge in [0.25, 0.3) is 0 Å². The van der Waals surface area contributed by atoms with E-state index in [1.54, 1.807) is 36.2 Å². The molecule has 128 valence electrons. The van der Waals surface area contributed by atoms with Gasteiger partial charge in [0.1, 0.15) is 0 Å². The van der Waals surface area contributed by atoms with Gasteiger partial charge in [0.2, 0.25) is 10.0 Å². The van der Waals surface area contributed by atoms with Gasteiger partial charge in [-0.15, -0.1) is 0 Å². The second kappa shape index (κ2) is 8.02. The average Bonchev–Trinajstić information content (AvgIpc) is 2.56. The van der Waals surface area contributed by atoms with E-state index < -0.39 is 10.0 Å². The molecule has 2 N–H and O–H groups in total. The fourth-order valence-corrected chi connectivity index (χ4v) is 3.73. The highest BCUT2D eigenvalue weighted by Crippen LogP contribution is 2.19. The Morgan fingerprint density at radius 1 is 1.35 bits per heavy atom. The van der Waals surface area contributed by atoms with Crippen molar-refractivity contribution in [3.05, 3.63) is 24.3 Å². The smallest absolute Gasteiger partial charge is 0.243 e. The second-order valence-electron chi connectivity index (χ2n) is 5.12. The van der Waals surface area contributed by atoms with E-state index in [0.29, 0.717) is 43.6 Å². The number of sulfonamides is 1. The first-order chi connectivity index (χ1) is 10.9. The third-order valence-corrected chi connectivity index (χ3v) is 5.82. The Hall–Kier alpha value is -1.26. The van der Waals surface area contributed by atoms with Crippen molar-refractivity contribution in [3.63, 3.8) is 0 Å². The first kappa shape index (κ1) is 18.1. The van der Waals surface area contributed by atoms with Crippen LogP contribution >= 0.6 is 12.2 Å². The summed E-state index contributed by atoms with van der Waals surface area (Å²) in [5.74, 6) is 0. The zero-order chi connectivity index (χ0) is 16.9. The van der Waals surface area contributed by atoms with Crippen LogP contribution in [0.25, 0.3) is 0 Å². The summed E-state index contributed by atoms with van der Waals surface area (Å²) in [6.07, 6.45) is 0. The molecule has 0 aliphatic carbocycles. The number of hydrogen-bond acceptors (Lipinski definition) is 5. The molecule has 1 aromatic rings. The fraction of sp³-hybridized carbons (Fsp3) is 0.500. The molecule has 0 bridgehead atoms. The normalized spacial score (nSPS) is 16.1. The van der Waals surface area contributed by atoms with E-state index in [2.05, 4.69) is 5.32 Å². The molecule has 0 saturated carbocycles. The standard InChI is InChI=1S/C14H21N3O4S2/c1-16(6-9-18)14(22)15-12-2-4-13(5-3-12)23(19,20)17-7-10-21-11-8-17/h2-5,18H,6-11H2,1H3,(H,15,22).